The lowest BCUT2D eigenvalue weighted by Crippen LogP contribution is -2.54. The van der Waals surface area contributed by atoms with E-state index in [9.17, 15) is 4.79 Å². The van der Waals surface area contributed by atoms with Crippen LogP contribution in [0.2, 0.25) is 0 Å². The number of rotatable bonds is 2. The maximum Gasteiger partial charge on any atom is 0.222 e. The van der Waals surface area contributed by atoms with E-state index < -0.39 is 0 Å². The zero-order chi connectivity index (χ0) is 15.3. The van der Waals surface area contributed by atoms with Crippen LogP contribution in [0.15, 0.2) is 0 Å². The van der Waals surface area contributed by atoms with Crippen molar-refractivity contribution in [1.29, 1.82) is 0 Å². The fourth-order valence-corrected chi connectivity index (χ4v) is 5.12. The highest BCUT2D eigenvalue weighted by molar-refractivity contribution is 5.76. The van der Waals surface area contributed by atoms with Crippen LogP contribution in [-0.2, 0) is 4.79 Å². The van der Waals surface area contributed by atoms with Gasteiger partial charge in [0.05, 0.1) is 0 Å². The third-order valence-electron chi connectivity index (χ3n) is 7.55. The molecular weight excluding hydrogens is 258 g/mol. The third kappa shape index (κ3) is 2.64. The fraction of sp³-hybridized carbons (Fsp3) is 0.947. The Hall–Kier alpha value is -0.530. The molecule has 2 atom stereocenters. The first kappa shape index (κ1) is 15.4. The Morgan fingerprint density at radius 2 is 1.76 bits per heavy atom. The molecule has 1 saturated heterocycles. The topological polar surface area (TPSA) is 20.3 Å². The van der Waals surface area contributed by atoms with Gasteiger partial charge >= 0.3 is 0 Å². The molecular formula is C19H33NO. The lowest BCUT2D eigenvalue weighted by molar-refractivity contribution is -0.140. The Morgan fingerprint density at radius 3 is 2.38 bits per heavy atom. The average molecular weight is 291 g/mol. The summed E-state index contributed by atoms with van der Waals surface area (Å²) >= 11 is 0. The quantitative estimate of drug-likeness (QED) is 0.734. The normalized spacial score (nSPS) is 42.1. The van der Waals surface area contributed by atoms with Gasteiger partial charge in [0.2, 0.25) is 5.91 Å². The number of fused-ring (bicyclic) bond motifs is 2. The minimum absolute atomic E-state index is 0.340. The minimum Gasteiger partial charge on any atom is -0.342 e. The van der Waals surface area contributed by atoms with Crippen molar-refractivity contribution in [2.45, 2.75) is 72.6 Å². The lowest BCUT2D eigenvalue weighted by atomic mass is 9.63. The van der Waals surface area contributed by atoms with Gasteiger partial charge in [0.1, 0.15) is 0 Å². The van der Waals surface area contributed by atoms with Crippen molar-refractivity contribution in [3.63, 3.8) is 0 Å². The van der Waals surface area contributed by atoms with Gasteiger partial charge in [0.25, 0.3) is 0 Å². The average Bonchev–Trinajstić information content (AvgIpc) is 2.58. The predicted octanol–water partition coefficient (Wildman–Crippen LogP) is 4.49. The molecule has 0 aromatic heterocycles. The highest BCUT2D eigenvalue weighted by Gasteiger charge is 2.56. The van der Waals surface area contributed by atoms with Crippen LogP contribution in [0.3, 0.4) is 0 Å². The van der Waals surface area contributed by atoms with Gasteiger partial charge in [-0.1, -0.05) is 40.5 Å². The van der Waals surface area contributed by atoms with Crippen LogP contribution in [0, 0.1) is 28.6 Å². The third-order valence-corrected chi connectivity index (χ3v) is 7.55. The van der Waals surface area contributed by atoms with Gasteiger partial charge in [-0.05, 0) is 54.3 Å². The number of hydrogen-bond donors (Lipinski definition) is 0. The second kappa shape index (κ2) is 5.28. The highest BCUT2D eigenvalue weighted by Crippen LogP contribution is 2.59. The van der Waals surface area contributed by atoms with Gasteiger partial charge < -0.3 is 4.90 Å². The molecule has 0 aromatic rings. The first-order chi connectivity index (χ1) is 9.82. The van der Waals surface area contributed by atoms with Gasteiger partial charge in [-0.2, -0.15) is 0 Å². The minimum atomic E-state index is 0.340. The van der Waals surface area contributed by atoms with E-state index in [0.29, 0.717) is 28.6 Å². The number of nitrogens with zero attached hydrogens (tertiary/aromatic N) is 1. The molecule has 21 heavy (non-hydrogen) atoms. The molecule has 3 fully saturated rings. The standard InChI is InChI=1S/C19H33NO/c1-14-5-7-15(8-6-14)11-17(21)20-12-16-9-10-19(4,13-20)18(16,2)3/h14-16H,5-13H2,1-4H3/t14?,15?,16?,19-/m1/s1. The van der Waals surface area contributed by atoms with Crippen LogP contribution in [-0.4, -0.2) is 23.9 Å². The zero-order valence-electron chi connectivity index (χ0n) is 14.5. The predicted molar refractivity (Wildman–Crippen MR) is 86.9 cm³/mol. The SMILES string of the molecule is CC1CCC(CC(=O)N2CC3CC[C@](C)(C2)C3(C)C)CC1. The molecule has 2 aliphatic carbocycles. The molecule has 0 N–H and O–H groups in total. The van der Waals surface area contributed by atoms with Crippen LogP contribution in [0.25, 0.3) is 0 Å². The Bertz CT molecular complexity index is 408. The van der Waals surface area contributed by atoms with Crippen molar-refractivity contribution < 1.29 is 4.79 Å². The summed E-state index contributed by atoms with van der Waals surface area (Å²) in [5, 5.41) is 0. The van der Waals surface area contributed by atoms with Gasteiger partial charge in [-0.15, -0.1) is 0 Å². The van der Waals surface area contributed by atoms with E-state index >= 15 is 0 Å². The molecule has 2 heteroatoms. The van der Waals surface area contributed by atoms with Crippen molar-refractivity contribution in [3.05, 3.63) is 0 Å². The van der Waals surface area contributed by atoms with Crippen molar-refractivity contribution >= 4 is 5.91 Å². The number of amides is 1. The first-order valence-electron chi connectivity index (χ1n) is 9.09. The van der Waals surface area contributed by atoms with Crippen LogP contribution < -0.4 is 0 Å². The summed E-state index contributed by atoms with van der Waals surface area (Å²) in [6, 6.07) is 0. The Kier molecular flexibility index (Phi) is 3.86. The van der Waals surface area contributed by atoms with Gasteiger partial charge in [-0.25, -0.2) is 0 Å². The summed E-state index contributed by atoms with van der Waals surface area (Å²) in [4.78, 5) is 15.0. The van der Waals surface area contributed by atoms with Crippen molar-refractivity contribution in [3.8, 4) is 0 Å². The number of carbonyl (C=O) groups excluding carboxylic acids is 1. The summed E-state index contributed by atoms with van der Waals surface area (Å²) in [5.74, 6) is 2.70. The molecule has 3 rings (SSSR count). The lowest BCUT2D eigenvalue weighted by Gasteiger charge is -2.50. The monoisotopic (exact) mass is 291 g/mol. The van der Waals surface area contributed by atoms with Gasteiger partial charge in [-0.3, -0.25) is 4.79 Å². The van der Waals surface area contributed by atoms with Gasteiger partial charge in [0, 0.05) is 19.5 Å². The summed E-state index contributed by atoms with van der Waals surface area (Å²) in [6.07, 6.45) is 8.62. The summed E-state index contributed by atoms with van der Waals surface area (Å²) < 4.78 is 0. The Morgan fingerprint density at radius 1 is 1.10 bits per heavy atom. The van der Waals surface area contributed by atoms with E-state index in [2.05, 4.69) is 32.6 Å². The second-order valence-electron chi connectivity index (χ2n) is 9.12. The molecule has 1 heterocycles. The molecule has 2 saturated carbocycles. The second-order valence-corrected chi connectivity index (χ2v) is 9.12. The largest absolute Gasteiger partial charge is 0.342 e. The zero-order valence-corrected chi connectivity index (χ0v) is 14.5. The first-order valence-corrected chi connectivity index (χ1v) is 9.09. The molecule has 0 spiro atoms. The van der Waals surface area contributed by atoms with Crippen molar-refractivity contribution in [1.82, 2.24) is 4.90 Å². The van der Waals surface area contributed by atoms with E-state index in [1.54, 1.807) is 0 Å². The maximum atomic E-state index is 12.7. The van der Waals surface area contributed by atoms with E-state index in [4.69, 9.17) is 0 Å². The number of hydrogen-bond acceptors (Lipinski definition) is 1. The van der Waals surface area contributed by atoms with E-state index in [0.717, 1.165) is 25.4 Å². The summed E-state index contributed by atoms with van der Waals surface area (Å²) in [7, 11) is 0. The fourth-order valence-electron chi connectivity index (χ4n) is 5.12. The van der Waals surface area contributed by atoms with Gasteiger partial charge in [0.15, 0.2) is 0 Å². The molecule has 0 radical (unpaired) electrons. The smallest absolute Gasteiger partial charge is 0.222 e. The van der Waals surface area contributed by atoms with E-state index in [-0.39, 0.29) is 0 Å². The molecule has 2 nitrogen and oxygen atoms in total. The van der Waals surface area contributed by atoms with E-state index in [1.807, 2.05) is 0 Å². The molecule has 3 aliphatic rings. The Labute approximate surface area is 130 Å². The number of piperidine rings is 1. The van der Waals surface area contributed by atoms with Crippen LogP contribution >= 0.6 is 0 Å². The van der Waals surface area contributed by atoms with E-state index in [1.165, 1.54) is 38.5 Å². The molecule has 120 valence electrons. The molecule has 1 amide bonds. The molecule has 1 unspecified atom stereocenters. The van der Waals surface area contributed by atoms with Crippen LogP contribution in [0.1, 0.15) is 72.6 Å². The molecule has 0 aromatic carbocycles. The summed E-state index contributed by atoms with van der Waals surface area (Å²) in [5.41, 5.74) is 0.747. The molecule has 2 bridgehead atoms. The Balaban J connectivity index is 1.60. The highest BCUT2D eigenvalue weighted by atomic mass is 16.2. The summed E-state index contributed by atoms with van der Waals surface area (Å²) in [6.45, 7) is 11.6. The number of carbonyl (C=O) groups is 1. The number of likely N-dealkylation sites (tertiary alicyclic amines) is 1. The van der Waals surface area contributed by atoms with Crippen LogP contribution in [0.5, 0.6) is 0 Å². The van der Waals surface area contributed by atoms with Crippen molar-refractivity contribution in [2.24, 2.45) is 28.6 Å². The molecule has 1 aliphatic heterocycles. The van der Waals surface area contributed by atoms with Crippen LogP contribution in [0.4, 0.5) is 0 Å². The van der Waals surface area contributed by atoms with Crippen molar-refractivity contribution in [2.75, 3.05) is 13.1 Å². The maximum absolute atomic E-state index is 12.7.